The Morgan fingerprint density at radius 1 is 1.21 bits per heavy atom. The Balaban J connectivity index is 1.37. The van der Waals surface area contributed by atoms with Crippen LogP contribution in [-0.2, 0) is 23.1 Å². The average Bonchev–Trinajstić information content (AvgIpc) is 3.43. The molecule has 0 saturated carbocycles. The van der Waals surface area contributed by atoms with Gasteiger partial charge in [0.1, 0.15) is 30.2 Å². The van der Waals surface area contributed by atoms with Gasteiger partial charge in [0.2, 0.25) is 5.75 Å². The summed E-state index contributed by atoms with van der Waals surface area (Å²) in [4.78, 5) is 36.1. The van der Waals surface area contributed by atoms with Crippen LogP contribution < -0.4 is 20.1 Å². The lowest BCUT2D eigenvalue weighted by molar-refractivity contribution is -0.226. The van der Waals surface area contributed by atoms with Crippen molar-refractivity contribution in [3.8, 4) is 17.2 Å². The van der Waals surface area contributed by atoms with Crippen LogP contribution in [-0.4, -0.2) is 79.9 Å². The fourth-order valence-electron chi connectivity index (χ4n) is 3.66. The molecule has 5 N–H and O–H groups in total. The highest BCUT2D eigenvalue weighted by molar-refractivity contribution is 7.46. The molecule has 5 atom stereocenters. The van der Waals surface area contributed by atoms with Gasteiger partial charge >= 0.3 is 13.8 Å². The number of aromatic hydroxyl groups is 1. The van der Waals surface area contributed by atoms with E-state index < -0.39 is 44.9 Å². The molecule has 0 aliphatic carbocycles. The number of phenolic OH excluding ortho intramolecular Hbond substituents is 1. The van der Waals surface area contributed by atoms with Crippen LogP contribution in [0.3, 0.4) is 0 Å². The Kier molecular flexibility index (Phi) is 7.82. The number of benzene rings is 1. The number of nitrogens with zero attached hydrogens (tertiary/aromatic N) is 4. The molecule has 1 unspecified atom stereocenters. The molecule has 1 aromatic carbocycles. The zero-order valence-corrected chi connectivity index (χ0v) is 20.8. The van der Waals surface area contributed by atoms with Crippen molar-refractivity contribution in [3.05, 3.63) is 36.4 Å². The van der Waals surface area contributed by atoms with E-state index >= 15 is 0 Å². The molecule has 0 spiro atoms. The highest BCUT2D eigenvalue weighted by atomic mass is 31.2. The van der Waals surface area contributed by atoms with Crippen molar-refractivity contribution in [2.24, 2.45) is 0 Å². The van der Waals surface area contributed by atoms with Crippen molar-refractivity contribution >= 4 is 36.8 Å². The minimum absolute atomic E-state index is 0.0606. The van der Waals surface area contributed by atoms with Crippen molar-refractivity contribution in [1.82, 2.24) is 19.5 Å². The minimum atomic E-state index is -5.20. The van der Waals surface area contributed by atoms with E-state index in [1.54, 1.807) is 0 Å². The number of phosphoric acid groups is 1. The number of nitrogen functional groups attached to an aromatic ring is 1. The quantitative estimate of drug-likeness (QED) is 0.193. The number of aliphatic hydroxyl groups is 2. The number of phosphoric ester groups is 1. The predicted octanol–water partition coefficient (Wildman–Crippen LogP) is -0.508. The highest BCUT2D eigenvalue weighted by Gasteiger charge is 2.45. The molecule has 4 rings (SSSR count). The summed E-state index contributed by atoms with van der Waals surface area (Å²) in [5.41, 5.74) is 6.54. The third-order valence-corrected chi connectivity index (χ3v) is 6.38. The first-order valence-corrected chi connectivity index (χ1v) is 12.3. The fraction of sp³-hybridized carbons (Fsp3) is 0.333. The van der Waals surface area contributed by atoms with Crippen LogP contribution in [0.15, 0.2) is 30.9 Å². The summed E-state index contributed by atoms with van der Waals surface area (Å²) >= 11 is 0. The van der Waals surface area contributed by atoms with Crippen LogP contribution in [0.4, 0.5) is 5.82 Å². The van der Waals surface area contributed by atoms with Gasteiger partial charge in [0.15, 0.2) is 29.2 Å². The number of aromatic nitrogens is 4. The van der Waals surface area contributed by atoms with E-state index in [-0.39, 0.29) is 34.2 Å². The van der Waals surface area contributed by atoms with Crippen molar-refractivity contribution in [2.45, 2.75) is 24.5 Å². The van der Waals surface area contributed by atoms with Crippen molar-refractivity contribution in [3.63, 3.8) is 0 Å². The van der Waals surface area contributed by atoms with E-state index in [0.717, 1.165) is 6.08 Å². The number of fused-ring (bicyclic) bond motifs is 1. The van der Waals surface area contributed by atoms with Gasteiger partial charge in [0.05, 0.1) is 27.2 Å². The normalized spacial score (nSPS) is 23.0. The third-order valence-electron chi connectivity index (χ3n) is 5.51. The van der Waals surface area contributed by atoms with Gasteiger partial charge in [-0.25, -0.2) is 19.7 Å². The van der Waals surface area contributed by atoms with Crippen LogP contribution in [0.1, 0.15) is 11.8 Å². The second-order valence-corrected chi connectivity index (χ2v) is 9.23. The topological polar surface area (TPSA) is 234 Å². The fourth-order valence-corrected chi connectivity index (χ4v) is 4.32. The SMILES string of the molecule is COc1cc(/C=C/C(=O)OP(=O)([O-])OC[C@H]2O[C@@H](n3cnc4c(N)ncnc43)[C@H](O)[C@@H]2O)cc(OC)c1O. The summed E-state index contributed by atoms with van der Waals surface area (Å²) < 4.78 is 38.2. The molecule has 16 nitrogen and oxygen atoms in total. The van der Waals surface area contributed by atoms with E-state index in [0.29, 0.717) is 5.56 Å². The molecule has 17 heteroatoms. The number of hydrogen-bond donors (Lipinski definition) is 4. The average molecular weight is 552 g/mol. The van der Waals surface area contributed by atoms with Crippen molar-refractivity contribution in [1.29, 1.82) is 0 Å². The summed E-state index contributed by atoms with van der Waals surface area (Å²) in [6.07, 6.45) is -1.14. The maximum atomic E-state index is 12.2. The number of nitrogens with two attached hydrogens (primary N) is 1. The lowest BCUT2D eigenvalue weighted by Gasteiger charge is -2.23. The second-order valence-electron chi connectivity index (χ2n) is 7.89. The summed E-state index contributed by atoms with van der Waals surface area (Å²) in [5.74, 6) is -1.33. The maximum absolute atomic E-state index is 12.2. The monoisotopic (exact) mass is 552 g/mol. The second kappa shape index (κ2) is 10.9. The summed E-state index contributed by atoms with van der Waals surface area (Å²) in [6.45, 7) is -0.775. The molecule has 204 valence electrons. The number of ether oxygens (including phenoxy) is 3. The van der Waals surface area contributed by atoms with Gasteiger partial charge in [-0.05, 0) is 23.8 Å². The molecule has 0 radical (unpaired) electrons. The molecule has 0 bridgehead atoms. The Morgan fingerprint density at radius 3 is 2.55 bits per heavy atom. The van der Waals surface area contributed by atoms with Crippen LogP contribution in [0.2, 0.25) is 0 Å². The largest absolute Gasteiger partial charge is 0.746 e. The number of imidazole rings is 1. The number of rotatable bonds is 9. The van der Waals surface area contributed by atoms with Gasteiger partial charge in [-0.3, -0.25) is 9.13 Å². The number of hydrogen-bond acceptors (Lipinski definition) is 15. The predicted molar refractivity (Wildman–Crippen MR) is 126 cm³/mol. The molecule has 1 aliphatic rings. The smallest absolute Gasteiger partial charge is 0.336 e. The third kappa shape index (κ3) is 5.55. The standard InChI is InChI=1S/C21H24N5O11P/c1-33-11-5-10(6-12(34-2)16(11)28)3-4-14(27)37-38(31,32)35-7-13-17(29)18(30)21(36-13)26-9-25-15-19(22)23-8-24-20(15)26/h3-6,8-9,13,17-18,21,28-30H,7H2,1-2H3,(H,31,32)(H2,22,23,24)/p-1/b4-3+/t13-,17-,18-,21-/m1/s1. The van der Waals surface area contributed by atoms with Crippen LogP contribution >= 0.6 is 7.82 Å². The number of methoxy groups -OCH3 is 2. The minimum Gasteiger partial charge on any atom is -0.746 e. The molecule has 1 aliphatic heterocycles. The highest BCUT2D eigenvalue weighted by Crippen LogP contribution is 2.41. The first-order chi connectivity index (χ1) is 18.0. The Hall–Kier alpha value is -3.79. The zero-order valence-electron chi connectivity index (χ0n) is 19.9. The number of phenols is 1. The van der Waals surface area contributed by atoms with Gasteiger partial charge in [0, 0.05) is 6.08 Å². The Bertz CT molecular complexity index is 1390. The van der Waals surface area contributed by atoms with Gasteiger partial charge in [-0.2, -0.15) is 0 Å². The van der Waals surface area contributed by atoms with Gasteiger partial charge < -0.3 is 49.2 Å². The van der Waals surface area contributed by atoms with E-state index in [4.69, 9.17) is 24.5 Å². The molecule has 2 aromatic heterocycles. The van der Waals surface area contributed by atoms with Gasteiger partial charge in [-0.15, -0.1) is 0 Å². The Labute approximate surface area is 214 Å². The molecule has 38 heavy (non-hydrogen) atoms. The number of aliphatic hydroxyl groups excluding tert-OH is 2. The van der Waals surface area contributed by atoms with Gasteiger partial charge in [0.25, 0.3) is 0 Å². The number of carbonyl (C=O) groups excluding carboxylic acids is 1. The molecule has 0 amide bonds. The first kappa shape index (κ1) is 27.3. The lowest BCUT2D eigenvalue weighted by atomic mass is 10.1. The van der Waals surface area contributed by atoms with E-state index in [2.05, 4.69) is 19.5 Å². The van der Waals surface area contributed by atoms with E-state index in [1.807, 2.05) is 0 Å². The van der Waals surface area contributed by atoms with Crippen LogP contribution in [0.25, 0.3) is 17.2 Å². The molecular formula is C21H23N5O11P-. The number of anilines is 1. The van der Waals surface area contributed by atoms with E-state index in [9.17, 15) is 29.6 Å². The summed E-state index contributed by atoms with van der Waals surface area (Å²) in [6, 6.07) is 2.75. The van der Waals surface area contributed by atoms with Crippen LogP contribution in [0, 0.1) is 0 Å². The first-order valence-electron chi connectivity index (χ1n) is 10.8. The Morgan fingerprint density at radius 2 is 1.89 bits per heavy atom. The zero-order chi connectivity index (χ0) is 27.6. The molecular weight excluding hydrogens is 529 g/mol. The molecule has 3 heterocycles. The summed E-state index contributed by atoms with van der Waals surface area (Å²) in [5, 5.41) is 30.7. The van der Waals surface area contributed by atoms with Crippen molar-refractivity contribution in [2.75, 3.05) is 26.6 Å². The lowest BCUT2D eigenvalue weighted by Crippen LogP contribution is -2.34. The summed E-state index contributed by atoms with van der Waals surface area (Å²) in [7, 11) is -2.57. The molecule has 1 fully saturated rings. The van der Waals surface area contributed by atoms with Crippen molar-refractivity contribution < 1.29 is 52.8 Å². The molecule has 3 aromatic rings. The number of carbonyl (C=O) groups is 1. The molecule has 1 saturated heterocycles. The van der Waals surface area contributed by atoms with Crippen LogP contribution in [0.5, 0.6) is 17.2 Å². The van der Waals surface area contributed by atoms with Gasteiger partial charge in [-0.1, -0.05) is 0 Å². The maximum Gasteiger partial charge on any atom is 0.336 e. The van der Waals surface area contributed by atoms with E-state index in [1.165, 1.54) is 49.7 Å².